The number of likely N-dealkylation sites (tertiary alicyclic amines) is 1. The Hall–Kier alpha value is -2.83. The molecule has 1 aromatic heterocycles. The van der Waals surface area contributed by atoms with Crippen LogP contribution in [0.2, 0.25) is 0 Å². The number of aromatic amines is 1. The zero-order chi connectivity index (χ0) is 24.4. The molecule has 1 aliphatic rings. The van der Waals surface area contributed by atoms with Crippen molar-refractivity contribution in [1.82, 2.24) is 15.1 Å². The third-order valence-corrected chi connectivity index (χ3v) is 6.02. The molecule has 2 amide bonds. The highest BCUT2D eigenvalue weighted by molar-refractivity contribution is 6.00. The Balaban J connectivity index is 1.75. The van der Waals surface area contributed by atoms with Crippen LogP contribution in [0.4, 0.5) is 16.3 Å². The summed E-state index contributed by atoms with van der Waals surface area (Å²) in [6, 6.07) is 8.14. The minimum Gasteiger partial charge on any atom is -0.444 e. The van der Waals surface area contributed by atoms with Gasteiger partial charge in [0.2, 0.25) is 5.91 Å². The summed E-state index contributed by atoms with van der Waals surface area (Å²) in [6.45, 7) is 15.4. The van der Waals surface area contributed by atoms with Crippen LogP contribution in [-0.2, 0) is 14.9 Å². The highest BCUT2D eigenvalue weighted by Gasteiger charge is 2.30. The molecule has 0 radical (unpaired) electrons. The van der Waals surface area contributed by atoms with Gasteiger partial charge in [0.1, 0.15) is 11.4 Å². The van der Waals surface area contributed by atoms with Crippen molar-refractivity contribution < 1.29 is 14.3 Å². The van der Waals surface area contributed by atoms with Crippen molar-refractivity contribution in [3.8, 4) is 0 Å². The number of piperidine rings is 1. The standard InChI is InChI=1S/C26H38N4O3/c1-18-8-9-20(25(2,3)4)17-21(18)30(22-10-13-27-28-22)23(31)16-19-11-14-29(15-12-19)24(32)33-26(5,6)7/h8-10,13,17,19H,11-12,14-16H2,1-7H3,(H,27,28). The molecule has 0 spiro atoms. The van der Waals surface area contributed by atoms with Crippen molar-refractivity contribution in [2.75, 3.05) is 18.0 Å². The van der Waals surface area contributed by atoms with E-state index in [1.165, 1.54) is 5.56 Å². The lowest BCUT2D eigenvalue weighted by Crippen LogP contribution is -2.42. The molecular formula is C26H38N4O3. The summed E-state index contributed by atoms with van der Waals surface area (Å²) in [6.07, 6.45) is 3.37. The summed E-state index contributed by atoms with van der Waals surface area (Å²) in [5, 5.41) is 7.05. The van der Waals surface area contributed by atoms with Gasteiger partial charge in [-0.2, -0.15) is 5.10 Å². The molecule has 0 aliphatic carbocycles. The Morgan fingerprint density at radius 1 is 1.12 bits per heavy atom. The van der Waals surface area contributed by atoms with Crippen molar-refractivity contribution in [2.45, 2.75) is 78.7 Å². The quantitative estimate of drug-likeness (QED) is 0.641. The molecule has 7 heteroatoms. The Morgan fingerprint density at radius 3 is 2.33 bits per heavy atom. The van der Waals surface area contributed by atoms with Crippen LogP contribution in [0.5, 0.6) is 0 Å². The highest BCUT2D eigenvalue weighted by Crippen LogP contribution is 2.34. The summed E-state index contributed by atoms with van der Waals surface area (Å²) in [5.41, 5.74) is 2.55. The summed E-state index contributed by atoms with van der Waals surface area (Å²) < 4.78 is 5.49. The van der Waals surface area contributed by atoms with Crippen LogP contribution in [0, 0.1) is 12.8 Å². The average molecular weight is 455 g/mol. The maximum absolute atomic E-state index is 13.6. The van der Waals surface area contributed by atoms with Crippen molar-refractivity contribution in [2.24, 2.45) is 5.92 Å². The predicted molar refractivity (Wildman–Crippen MR) is 131 cm³/mol. The maximum Gasteiger partial charge on any atom is 0.410 e. The molecule has 0 saturated carbocycles. The van der Waals surface area contributed by atoms with E-state index in [4.69, 9.17) is 4.74 Å². The monoisotopic (exact) mass is 454 g/mol. The molecule has 180 valence electrons. The van der Waals surface area contributed by atoms with Gasteiger partial charge < -0.3 is 9.64 Å². The molecule has 1 N–H and O–H groups in total. The number of aromatic nitrogens is 2. The third-order valence-electron chi connectivity index (χ3n) is 6.02. The molecule has 1 aromatic carbocycles. The SMILES string of the molecule is Cc1ccc(C(C)(C)C)cc1N(C(=O)CC1CCN(C(=O)OC(C)(C)C)CC1)c1ccn[nH]1. The predicted octanol–water partition coefficient (Wildman–Crippen LogP) is 5.72. The fraction of sp³-hybridized carbons (Fsp3) is 0.577. The van der Waals surface area contributed by atoms with Crippen LogP contribution < -0.4 is 4.90 Å². The number of ether oxygens (including phenoxy) is 1. The van der Waals surface area contributed by atoms with Gasteiger partial charge in [-0.1, -0.05) is 32.9 Å². The molecule has 1 aliphatic heterocycles. The van der Waals surface area contributed by atoms with Gasteiger partial charge in [0.15, 0.2) is 0 Å². The zero-order valence-electron chi connectivity index (χ0n) is 21.1. The number of carbonyl (C=O) groups is 2. The van der Waals surface area contributed by atoms with E-state index in [0.717, 1.165) is 24.1 Å². The summed E-state index contributed by atoms with van der Waals surface area (Å²) in [7, 11) is 0. The highest BCUT2D eigenvalue weighted by atomic mass is 16.6. The topological polar surface area (TPSA) is 78.5 Å². The van der Waals surface area contributed by atoms with Gasteiger partial charge in [0.05, 0.1) is 11.9 Å². The number of carbonyl (C=O) groups excluding carboxylic acids is 2. The van der Waals surface area contributed by atoms with Crippen LogP contribution in [-0.4, -0.2) is 45.8 Å². The van der Waals surface area contributed by atoms with E-state index >= 15 is 0 Å². The molecule has 1 saturated heterocycles. The van der Waals surface area contributed by atoms with Crippen LogP contribution >= 0.6 is 0 Å². The minimum atomic E-state index is -0.506. The Morgan fingerprint density at radius 2 is 1.79 bits per heavy atom. The van der Waals surface area contributed by atoms with Crippen molar-refractivity contribution in [3.05, 3.63) is 41.6 Å². The number of amides is 2. The molecule has 33 heavy (non-hydrogen) atoms. The molecule has 0 atom stereocenters. The summed E-state index contributed by atoms with van der Waals surface area (Å²) >= 11 is 0. The van der Waals surface area contributed by atoms with Crippen LogP contribution in [0.25, 0.3) is 0 Å². The van der Waals surface area contributed by atoms with Crippen LogP contribution in [0.15, 0.2) is 30.5 Å². The zero-order valence-corrected chi connectivity index (χ0v) is 21.1. The Labute approximate surface area is 197 Å². The van der Waals surface area contributed by atoms with Gasteiger partial charge in [-0.3, -0.25) is 14.8 Å². The Bertz CT molecular complexity index is 962. The molecular weight excluding hydrogens is 416 g/mol. The molecule has 3 rings (SSSR count). The van der Waals surface area contributed by atoms with Crippen LogP contribution in [0.1, 0.15) is 71.9 Å². The number of hydrogen-bond acceptors (Lipinski definition) is 4. The lowest BCUT2D eigenvalue weighted by atomic mass is 9.86. The maximum atomic E-state index is 13.6. The normalized spacial score (nSPS) is 15.4. The minimum absolute atomic E-state index is 0.0281. The van der Waals surface area contributed by atoms with Gasteiger partial charge in [-0.15, -0.1) is 0 Å². The number of rotatable bonds is 4. The van der Waals surface area contributed by atoms with E-state index in [1.807, 2.05) is 33.8 Å². The largest absolute Gasteiger partial charge is 0.444 e. The van der Waals surface area contributed by atoms with E-state index in [0.29, 0.717) is 25.3 Å². The molecule has 7 nitrogen and oxygen atoms in total. The number of nitrogens with one attached hydrogen (secondary N) is 1. The molecule has 1 fully saturated rings. The first-order chi connectivity index (χ1) is 15.3. The number of anilines is 2. The summed E-state index contributed by atoms with van der Waals surface area (Å²) in [5.74, 6) is 0.914. The fourth-order valence-corrected chi connectivity index (χ4v) is 4.07. The van der Waals surface area contributed by atoms with Gasteiger partial charge in [0, 0.05) is 25.6 Å². The van der Waals surface area contributed by atoms with Crippen LogP contribution in [0.3, 0.4) is 0 Å². The van der Waals surface area contributed by atoms with Gasteiger partial charge in [-0.25, -0.2) is 4.79 Å². The second-order valence-electron chi connectivity index (χ2n) is 11.0. The second kappa shape index (κ2) is 9.57. The first-order valence-electron chi connectivity index (χ1n) is 11.8. The van der Waals surface area contributed by atoms with Gasteiger partial charge >= 0.3 is 6.09 Å². The average Bonchev–Trinajstić information content (AvgIpc) is 3.22. The third kappa shape index (κ3) is 6.36. The van der Waals surface area contributed by atoms with E-state index in [1.54, 1.807) is 16.0 Å². The van der Waals surface area contributed by atoms with E-state index < -0.39 is 5.60 Å². The lowest BCUT2D eigenvalue weighted by molar-refractivity contribution is -0.119. The van der Waals surface area contributed by atoms with E-state index in [2.05, 4.69) is 49.2 Å². The number of nitrogens with zero attached hydrogens (tertiary/aromatic N) is 3. The van der Waals surface area contributed by atoms with Gasteiger partial charge in [-0.05, 0) is 69.1 Å². The number of H-pyrrole nitrogens is 1. The van der Waals surface area contributed by atoms with E-state index in [-0.39, 0.29) is 23.3 Å². The van der Waals surface area contributed by atoms with Crippen molar-refractivity contribution in [1.29, 1.82) is 0 Å². The number of aryl methyl sites for hydroxylation is 1. The molecule has 0 bridgehead atoms. The Kier molecular flexibility index (Phi) is 7.20. The molecule has 0 unspecified atom stereocenters. The first-order valence-corrected chi connectivity index (χ1v) is 11.8. The first kappa shape index (κ1) is 24.8. The smallest absolute Gasteiger partial charge is 0.410 e. The van der Waals surface area contributed by atoms with E-state index in [9.17, 15) is 9.59 Å². The lowest BCUT2D eigenvalue weighted by Gasteiger charge is -2.34. The molecule has 2 heterocycles. The van der Waals surface area contributed by atoms with Crippen molar-refractivity contribution in [3.63, 3.8) is 0 Å². The van der Waals surface area contributed by atoms with Crippen molar-refractivity contribution >= 4 is 23.5 Å². The van der Waals surface area contributed by atoms with Gasteiger partial charge in [0.25, 0.3) is 0 Å². The number of hydrogen-bond donors (Lipinski definition) is 1. The molecule has 2 aromatic rings. The number of benzene rings is 1. The second-order valence-corrected chi connectivity index (χ2v) is 11.0. The fourth-order valence-electron chi connectivity index (χ4n) is 4.07. The summed E-state index contributed by atoms with van der Waals surface area (Å²) in [4.78, 5) is 29.5.